The summed E-state index contributed by atoms with van der Waals surface area (Å²) in [4.78, 5) is 11.7. The third-order valence-corrected chi connectivity index (χ3v) is 3.87. The van der Waals surface area contributed by atoms with Crippen molar-refractivity contribution in [3.8, 4) is 0 Å². The lowest BCUT2D eigenvalue weighted by atomic mass is 9.83. The smallest absolute Gasteiger partial charge is 0.254 e. The van der Waals surface area contributed by atoms with Crippen molar-refractivity contribution < 1.29 is 9.18 Å². The molecule has 2 rings (SSSR count). The molecule has 0 atom stereocenters. The minimum Gasteiger partial charge on any atom is -0.352 e. The van der Waals surface area contributed by atoms with Gasteiger partial charge in [-0.3, -0.25) is 4.79 Å². The highest BCUT2D eigenvalue weighted by molar-refractivity contribution is 9.10. The summed E-state index contributed by atoms with van der Waals surface area (Å²) in [7, 11) is 0. The maximum absolute atomic E-state index is 13.6. The van der Waals surface area contributed by atoms with Crippen LogP contribution in [0.1, 0.15) is 36.0 Å². The van der Waals surface area contributed by atoms with E-state index in [9.17, 15) is 9.18 Å². The number of hydrogen-bond acceptors (Lipinski definition) is 1. The largest absolute Gasteiger partial charge is 0.352 e. The first kappa shape index (κ1) is 12.6. The number of amides is 1. The highest BCUT2D eigenvalue weighted by atomic mass is 79.9. The molecule has 1 fully saturated rings. The van der Waals surface area contributed by atoms with E-state index in [-0.39, 0.29) is 11.5 Å². The Balaban J connectivity index is 1.87. The molecular formula is C13H15BrFNO. The van der Waals surface area contributed by atoms with E-state index in [4.69, 9.17) is 0 Å². The second-order valence-corrected chi connectivity index (χ2v) is 5.30. The number of nitrogens with one attached hydrogen (secondary N) is 1. The van der Waals surface area contributed by atoms with Crippen LogP contribution in [0.3, 0.4) is 0 Å². The van der Waals surface area contributed by atoms with Crippen molar-refractivity contribution in [3.63, 3.8) is 0 Å². The fourth-order valence-electron chi connectivity index (χ4n) is 1.95. The van der Waals surface area contributed by atoms with Crippen molar-refractivity contribution >= 4 is 21.8 Å². The van der Waals surface area contributed by atoms with Gasteiger partial charge in [-0.05, 0) is 40.4 Å². The highest BCUT2D eigenvalue weighted by Gasteiger charge is 2.18. The van der Waals surface area contributed by atoms with E-state index in [2.05, 4.69) is 21.2 Å². The van der Waals surface area contributed by atoms with E-state index >= 15 is 0 Å². The Bertz CT molecular complexity index is 418. The van der Waals surface area contributed by atoms with Crippen LogP contribution in [0.25, 0.3) is 0 Å². The maximum Gasteiger partial charge on any atom is 0.254 e. The van der Waals surface area contributed by atoms with Crippen LogP contribution in [0.4, 0.5) is 4.39 Å². The summed E-state index contributed by atoms with van der Waals surface area (Å²) < 4.78 is 13.9. The fourth-order valence-corrected chi connectivity index (χ4v) is 2.31. The van der Waals surface area contributed by atoms with E-state index in [1.165, 1.54) is 25.3 Å². The predicted molar refractivity (Wildman–Crippen MR) is 68.4 cm³/mol. The van der Waals surface area contributed by atoms with Gasteiger partial charge in [-0.2, -0.15) is 0 Å². The van der Waals surface area contributed by atoms with Crippen molar-refractivity contribution in [2.24, 2.45) is 5.92 Å². The average Bonchev–Trinajstić information content (AvgIpc) is 2.25. The van der Waals surface area contributed by atoms with Crippen LogP contribution in [0.5, 0.6) is 0 Å². The Morgan fingerprint density at radius 2 is 2.24 bits per heavy atom. The monoisotopic (exact) mass is 299 g/mol. The van der Waals surface area contributed by atoms with Gasteiger partial charge in [-0.15, -0.1) is 0 Å². The summed E-state index contributed by atoms with van der Waals surface area (Å²) in [6, 6.07) is 4.74. The number of hydrogen-bond donors (Lipinski definition) is 1. The first-order chi connectivity index (χ1) is 8.18. The third-order valence-electron chi connectivity index (χ3n) is 3.26. The van der Waals surface area contributed by atoms with E-state index in [1.807, 2.05) is 0 Å². The minimum atomic E-state index is -0.492. The lowest BCUT2D eigenvalue weighted by Crippen LogP contribution is -2.28. The molecule has 0 bridgehead atoms. The summed E-state index contributed by atoms with van der Waals surface area (Å²) in [6.45, 7) is 0.634. The van der Waals surface area contributed by atoms with Crippen LogP contribution < -0.4 is 5.32 Å². The SMILES string of the molecule is O=C(NCCC1CCC1)c1cccc(Br)c1F. The molecule has 1 aromatic rings. The lowest BCUT2D eigenvalue weighted by molar-refractivity contribution is 0.0945. The molecule has 0 aromatic heterocycles. The Labute approximate surface area is 109 Å². The van der Waals surface area contributed by atoms with Gasteiger partial charge in [-0.25, -0.2) is 4.39 Å². The first-order valence-electron chi connectivity index (χ1n) is 5.90. The van der Waals surface area contributed by atoms with Crippen LogP contribution in [-0.4, -0.2) is 12.5 Å². The van der Waals surface area contributed by atoms with Gasteiger partial charge in [0.2, 0.25) is 0 Å². The zero-order chi connectivity index (χ0) is 12.3. The van der Waals surface area contributed by atoms with Crippen molar-refractivity contribution in [3.05, 3.63) is 34.1 Å². The highest BCUT2D eigenvalue weighted by Crippen LogP contribution is 2.28. The van der Waals surface area contributed by atoms with Gasteiger partial charge >= 0.3 is 0 Å². The maximum atomic E-state index is 13.6. The van der Waals surface area contributed by atoms with E-state index < -0.39 is 5.82 Å². The van der Waals surface area contributed by atoms with Crippen molar-refractivity contribution in [1.29, 1.82) is 0 Å². The molecule has 1 aliphatic carbocycles. The number of rotatable bonds is 4. The van der Waals surface area contributed by atoms with Gasteiger partial charge in [0.1, 0.15) is 5.82 Å². The van der Waals surface area contributed by atoms with Gasteiger partial charge in [-0.1, -0.05) is 25.3 Å². The molecule has 1 saturated carbocycles. The molecule has 17 heavy (non-hydrogen) atoms. The van der Waals surface area contributed by atoms with Crippen LogP contribution in [-0.2, 0) is 0 Å². The van der Waals surface area contributed by atoms with Gasteiger partial charge < -0.3 is 5.32 Å². The molecule has 0 unspecified atom stereocenters. The normalized spacial score (nSPS) is 15.4. The molecule has 0 aliphatic heterocycles. The van der Waals surface area contributed by atoms with Gasteiger partial charge in [0.25, 0.3) is 5.91 Å². The van der Waals surface area contributed by atoms with Gasteiger partial charge in [0, 0.05) is 6.54 Å². The summed E-state index contributed by atoms with van der Waals surface area (Å²) in [5.41, 5.74) is 0.105. The molecule has 1 aliphatic rings. The standard InChI is InChI=1S/C13H15BrFNO/c14-11-6-2-5-10(12(11)15)13(17)16-8-7-9-3-1-4-9/h2,5-6,9H,1,3-4,7-8H2,(H,16,17). The van der Waals surface area contributed by atoms with Crippen LogP contribution in [0.2, 0.25) is 0 Å². The Kier molecular flexibility index (Phi) is 4.15. The van der Waals surface area contributed by atoms with Crippen molar-refractivity contribution in [1.82, 2.24) is 5.32 Å². The van der Waals surface area contributed by atoms with Crippen LogP contribution in [0.15, 0.2) is 22.7 Å². The van der Waals surface area contributed by atoms with Gasteiger partial charge in [0.15, 0.2) is 0 Å². The second kappa shape index (κ2) is 5.63. The molecule has 1 amide bonds. The number of carbonyl (C=O) groups is 1. The van der Waals surface area contributed by atoms with E-state index in [1.54, 1.807) is 12.1 Å². The molecule has 2 nitrogen and oxygen atoms in total. The Morgan fingerprint density at radius 3 is 2.88 bits per heavy atom. The fraction of sp³-hybridized carbons (Fsp3) is 0.462. The minimum absolute atomic E-state index is 0.105. The third kappa shape index (κ3) is 3.06. The first-order valence-corrected chi connectivity index (χ1v) is 6.70. The summed E-state index contributed by atoms with van der Waals surface area (Å²) in [5, 5.41) is 2.77. The van der Waals surface area contributed by atoms with E-state index in [0.29, 0.717) is 11.0 Å². The average molecular weight is 300 g/mol. The topological polar surface area (TPSA) is 29.1 Å². The quantitative estimate of drug-likeness (QED) is 0.906. The number of benzene rings is 1. The van der Waals surface area contributed by atoms with Crippen LogP contribution >= 0.6 is 15.9 Å². The zero-order valence-electron chi connectivity index (χ0n) is 9.51. The lowest BCUT2D eigenvalue weighted by Gasteiger charge is -2.25. The van der Waals surface area contributed by atoms with Crippen molar-refractivity contribution in [2.75, 3.05) is 6.54 Å². The molecule has 4 heteroatoms. The Morgan fingerprint density at radius 1 is 1.47 bits per heavy atom. The molecule has 0 radical (unpaired) electrons. The molecule has 1 N–H and O–H groups in total. The molecule has 92 valence electrons. The number of halogens is 2. The summed E-state index contributed by atoms with van der Waals surface area (Å²) >= 11 is 3.07. The summed E-state index contributed by atoms with van der Waals surface area (Å²) in [5.74, 6) is -0.0700. The molecular weight excluding hydrogens is 285 g/mol. The molecule has 0 saturated heterocycles. The molecule has 1 aromatic carbocycles. The zero-order valence-corrected chi connectivity index (χ0v) is 11.1. The number of carbonyl (C=O) groups excluding carboxylic acids is 1. The van der Waals surface area contributed by atoms with Crippen LogP contribution in [0, 0.1) is 11.7 Å². The molecule has 0 heterocycles. The summed E-state index contributed by atoms with van der Waals surface area (Å²) in [6.07, 6.45) is 4.84. The Hall–Kier alpha value is -0.900. The van der Waals surface area contributed by atoms with Crippen molar-refractivity contribution in [2.45, 2.75) is 25.7 Å². The van der Waals surface area contributed by atoms with E-state index in [0.717, 1.165) is 12.3 Å². The van der Waals surface area contributed by atoms with Gasteiger partial charge in [0.05, 0.1) is 10.0 Å². The second-order valence-electron chi connectivity index (χ2n) is 4.44. The molecule has 0 spiro atoms. The predicted octanol–water partition coefficient (Wildman–Crippen LogP) is 3.51.